The minimum absolute atomic E-state index is 0.125. The average molecular weight is 325 g/mol. The number of aryl methyl sites for hydroxylation is 1. The molecule has 1 N–H and O–H groups in total. The van der Waals surface area contributed by atoms with Crippen LogP contribution in [0.4, 0.5) is 5.82 Å². The number of hydrogen-bond donors (Lipinski definition) is 1. The molecular formula is C16H19N7O. The van der Waals surface area contributed by atoms with E-state index in [4.69, 9.17) is 4.98 Å². The molecular weight excluding hydrogens is 306 g/mol. The summed E-state index contributed by atoms with van der Waals surface area (Å²) in [7, 11) is 1.97. The number of aromatic nitrogens is 5. The van der Waals surface area contributed by atoms with Gasteiger partial charge in [0.25, 0.3) is 0 Å². The molecule has 0 unspecified atom stereocenters. The summed E-state index contributed by atoms with van der Waals surface area (Å²) in [4.78, 5) is 24.4. The molecule has 1 amide bonds. The van der Waals surface area contributed by atoms with Gasteiger partial charge in [-0.3, -0.25) is 14.9 Å². The highest BCUT2D eigenvalue weighted by atomic mass is 16.2. The maximum absolute atomic E-state index is 11.5. The van der Waals surface area contributed by atoms with Gasteiger partial charge in [0.1, 0.15) is 5.82 Å². The predicted octanol–water partition coefficient (Wildman–Crippen LogP) is 1.03. The van der Waals surface area contributed by atoms with Crippen molar-refractivity contribution in [3.05, 3.63) is 24.5 Å². The topological polar surface area (TPSA) is 82.9 Å². The molecule has 1 fully saturated rings. The first-order valence-corrected chi connectivity index (χ1v) is 7.97. The number of aromatic amines is 1. The molecule has 0 aromatic carbocycles. The Bertz CT molecular complexity index is 875. The number of imidazole rings is 1. The predicted molar refractivity (Wildman–Crippen MR) is 90.6 cm³/mol. The van der Waals surface area contributed by atoms with Crippen molar-refractivity contribution in [1.82, 2.24) is 29.6 Å². The molecule has 1 aliphatic heterocycles. The monoisotopic (exact) mass is 325 g/mol. The molecule has 8 nitrogen and oxygen atoms in total. The fraction of sp³-hybridized carbons (Fsp3) is 0.375. The molecule has 0 bridgehead atoms. The number of piperazine rings is 1. The maximum Gasteiger partial charge on any atom is 0.219 e. The third-order valence-electron chi connectivity index (χ3n) is 4.54. The van der Waals surface area contributed by atoms with Gasteiger partial charge >= 0.3 is 0 Å². The van der Waals surface area contributed by atoms with E-state index in [1.54, 1.807) is 19.3 Å². The van der Waals surface area contributed by atoms with E-state index in [9.17, 15) is 4.79 Å². The van der Waals surface area contributed by atoms with Crippen molar-refractivity contribution in [3.8, 4) is 11.4 Å². The van der Waals surface area contributed by atoms with Crippen LogP contribution >= 0.6 is 0 Å². The molecule has 4 rings (SSSR count). The van der Waals surface area contributed by atoms with Crippen LogP contribution < -0.4 is 4.90 Å². The van der Waals surface area contributed by atoms with Crippen molar-refractivity contribution in [2.45, 2.75) is 6.92 Å². The zero-order valence-electron chi connectivity index (χ0n) is 13.7. The lowest BCUT2D eigenvalue weighted by atomic mass is 10.2. The van der Waals surface area contributed by atoms with Crippen LogP contribution in [-0.4, -0.2) is 61.7 Å². The highest BCUT2D eigenvalue weighted by Crippen LogP contribution is 2.28. The van der Waals surface area contributed by atoms with E-state index in [1.807, 2.05) is 28.6 Å². The third-order valence-corrected chi connectivity index (χ3v) is 4.54. The van der Waals surface area contributed by atoms with Gasteiger partial charge in [-0.25, -0.2) is 4.98 Å². The van der Waals surface area contributed by atoms with Gasteiger partial charge in [-0.1, -0.05) is 0 Å². The zero-order chi connectivity index (χ0) is 16.7. The molecule has 1 saturated heterocycles. The molecule has 8 heteroatoms. The van der Waals surface area contributed by atoms with E-state index in [0.29, 0.717) is 13.1 Å². The molecule has 3 aromatic rings. The summed E-state index contributed by atoms with van der Waals surface area (Å²) in [5, 5.41) is 7.54. The molecule has 0 aliphatic carbocycles. The van der Waals surface area contributed by atoms with E-state index in [-0.39, 0.29) is 5.91 Å². The highest BCUT2D eigenvalue weighted by molar-refractivity contribution is 5.87. The fourth-order valence-corrected chi connectivity index (χ4v) is 3.15. The molecule has 0 spiro atoms. The van der Waals surface area contributed by atoms with Crippen LogP contribution in [0.2, 0.25) is 0 Å². The Morgan fingerprint density at radius 2 is 1.88 bits per heavy atom. The number of anilines is 1. The van der Waals surface area contributed by atoms with Crippen LogP contribution in [0.3, 0.4) is 0 Å². The van der Waals surface area contributed by atoms with Crippen molar-refractivity contribution in [2.24, 2.45) is 7.05 Å². The van der Waals surface area contributed by atoms with E-state index in [0.717, 1.165) is 41.5 Å². The summed E-state index contributed by atoms with van der Waals surface area (Å²) in [6.07, 6.45) is 3.52. The first kappa shape index (κ1) is 14.7. The Morgan fingerprint density at radius 1 is 1.17 bits per heavy atom. The van der Waals surface area contributed by atoms with E-state index in [1.165, 1.54) is 0 Å². The van der Waals surface area contributed by atoms with Crippen LogP contribution in [0, 0.1) is 0 Å². The number of nitrogens with zero attached hydrogens (tertiary/aromatic N) is 6. The van der Waals surface area contributed by atoms with Gasteiger partial charge in [0.2, 0.25) is 5.91 Å². The largest absolute Gasteiger partial charge is 0.350 e. The SMILES string of the molecule is CC(=O)N1CCN(c2n[nH]c3c2nc(-c2ccncc2)n3C)CC1. The van der Waals surface area contributed by atoms with Crippen molar-refractivity contribution in [1.29, 1.82) is 0 Å². The van der Waals surface area contributed by atoms with Crippen molar-refractivity contribution in [3.63, 3.8) is 0 Å². The third kappa shape index (κ3) is 2.31. The smallest absolute Gasteiger partial charge is 0.219 e. The lowest BCUT2D eigenvalue weighted by Crippen LogP contribution is -2.48. The van der Waals surface area contributed by atoms with Gasteiger partial charge < -0.3 is 14.4 Å². The van der Waals surface area contributed by atoms with Crippen molar-refractivity contribution in [2.75, 3.05) is 31.1 Å². The summed E-state index contributed by atoms with van der Waals surface area (Å²) >= 11 is 0. The zero-order valence-corrected chi connectivity index (χ0v) is 13.7. The molecule has 24 heavy (non-hydrogen) atoms. The normalized spacial score (nSPS) is 15.2. The quantitative estimate of drug-likeness (QED) is 0.761. The number of H-pyrrole nitrogens is 1. The molecule has 0 saturated carbocycles. The number of rotatable bonds is 2. The Hall–Kier alpha value is -2.90. The molecule has 124 valence electrons. The van der Waals surface area contributed by atoms with Crippen molar-refractivity contribution < 1.29 is 4.79 Å². The lowest BCUT2D eigenvalue weighted by Gasteiger charge is -2.34. The summed E-state index contributed by atoms with van der Waals surface area (Å²) < 4.78 is 2.01. The minimum atomic E-state index is 0.125. The number of fused-ring (bicyclic) bond motifs is 1. The molecule has 1 aliphatic rings. The molecule has 4 heterocycles. The van der Waals surface area contributed by atoms with Gasteiger partial charge in [-0.05, 0) is 12.1 Å². The molecule has 3 aromatic heterocycles. The number of carbonyl (C=O) groups is 1. The summed E-state index contributed by atoms with van der Waals surface area (Å²) in [6.45, 7) is 4.57. The second-order valence-corrected chi connectivity index (χ2v) is 5.97. The van der Waals surface area contributed by atoms with Crippen LogP contribution in [-0.2, 0) is 11.8 Å². The Balaban J connectivity index is 1.67. The Labute approximate surface area is 139 Å². The second-order valence-electron chi connectivity index (χ2n) is 5.97. The van der Waals surface area contributed by atoms with E-state index >= 15 is 0 Å². The van der Waals surface area contributed by atoms with E-state index in [2.05, 4.69) is 20.1 Å². The van der Waals surface area contributed by atoms with Gasteiger partial charge in [-0.2, -0.15) is 5.10 Å². The molecule has 0 radical (unpaired) electrons. The maximum atomic E-state index is 11.5. The van der Waals surface area contributed by atoms with Crippen LogP contribution in [0.1, 0.15) is 6.92 Å². The lowest BCUT2D eigenvalue weighted by molar-refractivity contribution is -0.129. The van der Waals surface area contributed by atoms with Crippen molar-refractivity contribution >= 4 is 22.9 Å². The van der Waals surface area contributed by atoms with Gasteiger partial charge in [-0.15, -0.1) is 0 Å². The van der Waals surface area contributed by atoms with Crippen LogP contribution in [0.15, 0.2) is 24.5 Å². The Morgan fingerprint density at radius 3 is 2.54 bits per heavy atom. The summed E-state index contributed by atoms with van der Waals surface area (Å²) in [5.74, 6) is 1.86. The first-order valence-electron chi connectivity index (χ1n) is 7.97. The number of hydrogen-bond acceptors (Lipinski definition) is 5. The first-order chi connectivity index (χ1) is 11.6. The summed E-state index contributed by atoms with van der Waals surface area (Å²) in [5.41, 5.74) is 2.77. The van der Waals surface area contributed by atoms with E-state index < -0.39 is 0 Å². The number of carbonyl (C=O) groups excluding carboxylic acids is 1. The minimum Gasteiger partial charge on any atom is -0.350 e. The number of amides is 1. The second kappa shape index (κ2) is 5.63. The van der Waals surface area contributed by atoms with Gasteiger partial charge in [0.05, 0.1) is 0 Å². The fourth-order valence-electron chi connectivity index (χ4n) is 3.15. The Kier molecular flexibility index (Phi) is 3.44. The molecule has 0 atom stereocenters. The number of nitrogens with one attached hydrogen (secondary N) is 1. The van der Waals surface area contributed by atoms with Gasteiger partial charge in [0.15, 0.2) is 17.0 Å². The van der Waals surface area contributed by atoms with Gasteiger partial charge in [0, 0.05) is 58.1 Å². The summed E-state index contributed by atoms with van der Waals surface area (Å²) in [6, 6.07) is 3.89. The van der Waals surface area contributed by atoms with Crippen LogP contribution in [0.5, 0.6) is 0 Å². The average Bonchev–Trinajstić information content (AvgIpc) is 3.16. The standard InChI is InChI=1S/C16H19N7O/c1-11(24)22-7-9-23(10-8-22)16-13-15(19-20-16)21(2)14(18-13)12-3-5-17-6-4-12/h3-6H,7-10H2,1-2H3,(H,19,20). The van der Waals surface area contributed by atoms with Crippen LogP contribution in [0.25, 0.3) is 22.6 Å². The highest BCUT2D eigenvalue weighted by Gasteiger charge is 2.24. The number of pyridine rings is 1.